The van der Waals surface area contributed by atoms with E-state index < -0.39 is 37.3 Å². The van der Waals surface area contributed by atoms with E-state index in [1.54, 1.807) is 14.2 Å². The molecule has 3 aromatic rings. The molecule has 0 spiro atoms. The number of rotatable bonds is 9. The van der Waals surface area contributed by atoms with E-state index in [9.17, 15) is 20.4 Å². The molecule has 1 saturated heterocycles. The van der Waals surface area contributed by atoms with Crippen molar-refractivity contribution in [3.8, 4) is 28.6 Å². The van der Waals surface area contributed by atoms with Crippen LogP contribution in [-0.4, -0.2) is 81.7 Å². The summed E-state index contributed by atoms with van der Waals surface area (Å²) in [6.07, 6.45) is -6.68. The van der Waals surface area contributed by atoms with Crippen LogP contribution < -0.4 is 14.2 Å². The average molecular weight is 515 g/mol. The highest BCUT2D eigenvalue weighted by Crippen LogP contribution is 2.40. The zero-order valence-corrected chi connectivity index (χ0v) is 21.3. The predicted octanol–water partition coefficient (Wildman–Crippen LogP) is 1.92. The monoisotopic (exact) mass is 514 g/mol. The van der Waals surface area contributed by atoms with E-state index in [0.717, 1.165) is 22.6 Å². The van der Waals surface area contributed by atoms with Gasteiger partial charge in [-0.1, -0.05) is 24.3 Å². The second kappa shape index (κ2) is 11.5. The summed E-state index contributed by atoms with van der Waals surface area (Å²) in [6, 6.07) is 15.1. The van der Waals surface area contributed by atoms with Crippen molar-refractivity contribution in [3.63, 3.8) is 0 Å². The van der Waals surface area contributed by atoms with Crippen LogP contribution in [0.5, 0.6) is 17.4 Å². The first-order valence-electron chi connectivity index (χ1n) is 12.1. The van der Waals surface area contributed by atoms with Crippen molar-refractivity contribution < 1.29 is 39.4 Å². The van der Waals surface area contributed by atoms with Gasteiger partial charge in [-0.3, -0.25) is 4.68 Å². The highest BCUT2D eigenvalue weighted by Gasteiger charge is 2.45. The summed E-state index contributed by atoms with van der Waals surface area (Å²) in [7, 11) is 3.21. The number of nitrogens with zero attached hydrogens (tertiary/aromatic N) is 2. The lowest BCUT2D eigenvalue weighted by Gasteiger charge is -2.39. The van der Waals surface area contributed by atoms with Gasteiger partial charge >= 0.3 is 0 Å². The second-order valence-electron chi connectivity index (χ2n) is 9.21. The van der Waals surface area contributed by atoms with Crippen molar-refractivity contribution in [1.82, 2.24) is 9.78 Å². The number of hydrogen-bond acceptors (Lipinski definition) is 9. The van der Waals surface area contributed by atoms with Crippen LogP contribution >= 0.6 is 0 Å². The summed E-state index contributed by atoms with van der Waals surface area (Å²) in [5.74, 6) is 1.57. The van der Waals surface area contributed by atoms with E-state index in [-0.39, 0.29) is 11.9 Å². The van der Waals surface area contributed by atoms with Gasteiger partial charge in [0.15, 0.2) is 0 Å². The Hall–Kier alpha value is -3.15. The molecule has 1 fully saturated rings. The summed E-state index contributed by atoms with van der Waals surface area (Å²) in [4.78, 5) is 0. The smallest absolute Gasteiger partial charge is 0.239 e. The van der Waals surface area contributed by atoms with E-state index in [1.807, 2.05) is 67.1 Å². The largest absolute Gasteiger partial charge is 0.497 e. The first-order chi connectivity index (χ1) is 17.8. The lowest BCUT2D eigenvalue weighted by molar-refractivity contribution is -0.278. The van der Waals surface area contributed by atoms with Gasteiger partial charge in [0, 0.05) is 23.6 Å². The van der Waals surface area contributed by atoms with Crippen LogP contribution in [0.25, 0.3) is 11.3 Å². The molecule has 0 saturated carbocycles. The minimum absolute atomic E-state index is 0.0679. The van der Waals surface area contributed by atoms with Gasteiger partial charge in [-0.2, -0.15) is 0 Å². The van der Waals surface area contributed by atoms with Gasteiger partial charge in [-0.25, -0.2) is 0 Å². The molecule has 4 rings (SSSR count). The molecule has 37 heavy (non-hydrogen) atoms. The number of benzene rings is 2. The molecule has 0 aliphatic carbocycles. The summed E-state index contributed by atoms with van der Waals surface area (Å²) in [5, 5.41) is 45.4. The number of hydrogen-bond donors (Lipinski definition) is 4. The lowest BCUT2D eigenvalue weighted by atomic mass is 9.98. The molecule has 0 bridgehead atoms. The molecule has 5 atom stereocenters. The highest BCUT2D eigenvalue weighted by atomic mass is 16.7. The number of aliphatic hydroxyl groups is 4. The Morgan fingerprint density at radius 3 is 2.27 bits per heavy atom. The quantitative estimate of drug-likeness (QED) is 0.338. The normalized spacial score (nSPS) is 23.8. The summed E-state index contributed by atoms with van der Waals surface area (Å²) in [6.45, 7) is 3.41. The molecule has 1 aliphatic rings. The number of para-hydroxylation sites is 1. The van der Waals surface area contributed by atoms with Crippen LogP contribution in [0.4, 0.5) is 0 Å². The number of methoxy groups -OCH3 is 2. The topological polar surface area (TPSA) is 136 Å². The van der Waals surface area contributed by atoms with Crippen molar-refractivity contribution in [2.45, 2.75) is 57.0 Å². The maximum Gasteiger partial charge on any atom is 0.239 e. The molecule has 200 valence electrons. The Kier molecular flexibility index (Phi) is 8.35. The third-order valence-electron chi connectivity index (χ3n) is 6.44. The van der Waals surface area contributed by atoms with Gasteiger partial charge in [0.05, 0.1) is 26.5 Å². The van der Waals surface area contributed by atoms with E-state index in [4.69, 9.17) is 24.0 Å². The van der Waals surface area contributed by atoms with Gasteiger partial charge in [-0.05, 0) is 43.7 Å². The minimum atomic E-state index is -1.57. The molecule has 0 unspecified atom stereocenters. The molecule has 2 aromatic carbocycles. The van der Waals surface area contributed by atoms with E-state index in [2.05, 4.69) is 0 Å². The standard InChI is InChI=1S/C27H34N2O8/c1-15(2)29-22(18-7-5-6-8-20(18)35-4)19(13-16-9-11-17(34-3)12-10-16)26(28-29)37-27-25(33)24(32)23(31)21(14-30)36-27/h5-12,15,21,23-25,27,30-33H,13-14H2,1-4H3/t21-,23-,24+,25-,27+/m1/s1. The molecular weight excluding hydrogens is 480 g/mol. The molecular formula is C27H34N2O8. The van der Waals surface area contributed by atoms with Crippen LogP contribution in [-0.2, 0) is 11.2 Å². The van der Waals surface area contributed by atoms with Crippen LogP contribution in [0.1, 0.15) is 31.0 Å². The maximum absolute atomic E-state index is 10.6. The van der Waals surface area contributed by atoms with Crippen LogP contribution in [0, 0.1) is 0 Å². The Morgan fingerprint density at radius 2 is 1.65 bits per heavy atom. The van der Waals surface area contributed by atoms with Gasteiger partial charge < -0.3 is 39.4 Å². The van der Waals surface area contributed by atoms with Crippen molar-refractivity contribution in [3.05, 3.63) is 59.7 Å². The maximum atomic E-state index is 10.6. The zero-order valence-electron chi connectivity index (χ0n) is 21.3. The molecule has 10 nitrogen and oxygen atoms in total. The summed E-state index contributed by atoms with van der Waals surface area (Å²) < 4.78 is 24.4. The van der Waals surface area contributed by atoms with E-state index in [1.165, 1.54) is 0 Å². The van der Waals surface area contributed by atoms with Crippen molar-refractivity contribution in [2.75, 3.05) is 20.8 Å². The number of aromatic nitrogens is 2. The fourth-order valence-corrected chi connectivity index (χ4v) is 4.42. The van der Waals surface area contributed by atoms with E-state index in [0.29, 0.717) is 17.7 Å². The fourth-order valence-electron chi connectivity index (χ4n) is 4.42. The molecule has 10 heteroatoms. The molecule has 0 radical (unpaired) electrons. The van der Waals surface area contributed by atoms with Crippen LogP contribution in [0.2, 0.25) is 0 Å². The third kappa shape index (κ3) is 5.43. The third-order valence-corrected chi connectivity index (χ3v) is 6.44. The van der Waals surface area contributed by atoms with Crippen molar-refractivity contribution in [1.29, 1.82) is 0 Å². The van der Waals surface area contributed by atoms with Gasteiger partial charge in [0.1, 0.15) is 35.9 Å². The first-order valence-corrected chi connectivity index (χ1v) is 12.1. The molecule has 1 aliphatic heterocycles. The number of ether oxygens (including phenoxy) is 4. The Labute approximate surface area is 215 Å². The summed E-state index contributed by atoms with van der Waals surface area (Å²) >= 11 is 0. The average Bonchev–Trinajstić information content (AvgIpc) is 3.27. The molecule has 2 heterocycles. The molecule has 4 N–H and O–H groups in total. The van der Waals surface area contributed by atoms with Crippen LogP contribution in [0.15, 0.2) is 48.5 Å². The van der Waals surface area contributed by atoms with Gasteiger partial charge in [-0.15, -0.1) is 5.10 Å². The van der Waals surface area contributed by atoms with Crippen LogP contribution in [0.3, 0.4) is 0 Å². The zero-order chi connectivity index (χ0) is 26.7. The van der Waals surface area contributed by atoms with Crippen molar-refractivity contribution in [2.24, 2.45) is 0 Å². The van der Waals surface area contributed by atoms with Crippen molar-refractivity contribution >= 4 is 0 Å². The predicted molar refractivity (Wildman–Crippen MR) is 135 cm³/mol. The summed E-state index contributed by atoms with van der Waals surface area (Å²) in [5.41, 5.74) is 3.24. The van der Waals surface area contributed by atoms with Gasteiger partial charge in [0.25, 0.3) is 0 Å². The lowest BCUT2D eigenvalue weighted by Crippen LogP contribution is -2.60. The highest BCUT2D eigenvalue weighted by molar-refractivity contribution is 5.73. The molecule has 1 aromatic heterocycles. The minimum Gasteiger partial charge on any atom is -0.497 e. The van der Waals surface area contributed by atoms with E-state index >= 15 is 0 Å². The Balaban J connectivity index is 1.83. The Morgan fingerprint density at radius 1 is 0.946 bits per heavy atom. The molecule has 0 amide bonds. The first kappa shape index (κ1) is 26.9. The Bertz CT molecular complexity index is 1180. The second-order valence-corrected chi connectivity index (χ2v) is 9.21. The SMILES string of the molecule is COc1ccc(Cc2c(O[C@@H]3O[C@H](CO)[C@@H](O)[C@H](O)[C@H]3O)nn(C(C)C)c2-c2ccccc2OC)cc1. The van der Waals surface area contributed by atoms with Gasteiger partial charge in [0.2, 0.25) is 12.2 Å². The fraction of sp³-hybridized carbons (Fsp3) is 0.444. The number of aliphatic hydroxyl groups excluding tert-OH is 4.